The SMILES string of the molecule is CN(C(=O)CC1CNC1)C(C)(C)CO. The highest BCUT2D eigenvalue weighted by molar-refractivity contribution is 5.77. The molecule has 4 heteroatoms. The van der Waals surface area contributed by atoms with Crippen molar-refractivity contribution in [2.75, 3.05) is 26.7 Å². The summed E-state index contributed by atoms with van der Waals surface area (Å²) in [6, 6.07) is 0. The Labute approximate surface area is 85.3 Å². The third kappa shape index (κ3) is 2.45. The summed E-state index contributed by atoms with van der Waals surface area (Å²) in [6.45, 7) is 5.62. The van der Waals surface area contributed by atoms with E-state index in [0.29, 0.717) is 12.3 Å². The van der Waals surface area contributed by atoms with Gasteiger partial charge < -0.3 is 15.3 Å². The van der Waals surface area contributed by atoms with Crippen LogP contribution in [0.5, 0.6) is 0 Å². The van der Waals surface area contributed by atoms with Crippen LogP contribution in [0.1, 0.15) is 20.3 Å². The molecule has 1 heterocycles. The van der Waals surface area contributed by atoms with Crippen molar-refractivity contribution >= 4 is 5.91 Å². The maximum atomic E-state index is 11.7. The molecule has 1 aliphatic rings. The molecule has 0 saturated carbocycles. The van der Waals surface area contributed by atoms with Gasteiger partial charge in [0.15, 0.2) is 0 Å². The number of nitrogens with zero attached hydrogens (tertiary/aromatic N) is 1. The summed E-state index contributed by atoms with van der Waals surface area (Å²) in [5.74, 6) is 0.606. The lowest BCUT2D eigenvalue weighted by atomic mass is 9.97. The van der Waals surface area contributed by atoms with Gasteiger partial charge in [-0.3, -0.25) is 4.79 Å². The third-order valence-corrected chi connectivity index (χ3v) is 3.00. The smallest absolute Gasteiger partial charge is 0.223 e. The summed E-state index contributed by atoms with van der Waals surface area (Å²) in [7, 11) is 1.75. The first kappa shape index (κ1) is 11.5. The van der Waals surface area contributed by atoms with E-state index in [2.05, 4.69) is 5.32 Å². The Morgan fingerprint density at radius 1 is 1.57 bits per heavy atom. The Balaban J connectivity index is 2.42. The van der Waals surface area contributed by atoms with E-state index in [1.165, 1.54) is 0 Å². The summed E-state index contributed by atoms with van der Waals surface area (Å²) in [4.78, 5) is 13.4. The van der Waals surface area contributed by atoms with Crippen LogP contribution in [0.2, 0.25) is 0 Å². The van der Waals surface area contributed by atoms with E-state index in [1.54, 1.807) is 11.9 Å². The minimum Gasteiger partial charge on any atom is -0.394 e. The highest BCUT2D eigenvalue weighted by atomic mass is 16.3. The van der Waals surface area contributed by atoms with Gasteiger partial charge in [0.1, 0.15) is 0 Å². The lowest BCUT2D eigenvalue weighted by Gasteiger charge is -2.36. The van der Waals surface area contributed by atoms with Crippen molar-refractivity contribution in [3.63, 3.8) is 0 Å². The summed E-state index contributed by atoms with van der Waals surface area (Å²) in [5.41, 5.74) is -0.450. The number of rotatable bonds is 4. The molecule has 14 heavy (non-hydrogen) atoms. The van der Waals surface area contributed by atoms with Gasteiger partial charge in [-0.2, -0.15) is 0 Å². The molecule has 0 aromatic carbocycles. The zero-order chi connectivity index (χ0) is 10.8. The highest BCUT2D eigenvalue weighted by Gasteiger charge is 2.29. The number of nitrogens with one attached hydrogen (secondary N) is 1. The lowest BCUT2D eigenvalue weighted by Crippen LogP contribution is -2.50. The molecule has 0 aromatic rings. The van der Waals surface area contributed by atoms with E-state index < -0.39 is 5.54 Å². The molecule has 82 valence electrons. The first-order valence-corrected chi connectivity index (χ1v) is 5.05. The third-order valence-electron chi connectivity index (χ3n) is 3.00. The van der Waals surface area contributed by atoms with Crippen molar-refractivity contribution in [3.05, 3.63) is 0 Å². The predicted molar refractivity (Wildman–Crippen MR) is 54.9 cm³/mol. The minimum atomic E-state index is -0.450. The lowest BCUT2D eigenvalue weighted by molar-refractivity contribution is -0.137. The predicted octanol–water partition coefficient (Wildman–Crippen LogP) is -0.175. The van der Waals surface area contributed by atoms with Crippen LogP contribution in [0.3, 0.4) is 0 Å². The monoisotopic (exact) mass is 200 g/mol. The van der Waals surface area contributed by atoms with E-state index >= 15 is 0 Å². The van der Waals surface area contributed by atoms with Crippen molar-refractivity contribution in [3.8, 4) is 0 Å². The average molecular weight is 200 g/mol. The van der Waals surface area contributed by atoms with Crippen molar-refractivity contribution < 1.29 is 9.90 Å². The topological polar surface area (TPSA) is 52.6 Å². The fourth-order valence-electron chi connectivity index (χ4n) is 1.32. The van der Waals surface area contributed by atoms with Crippen LogP contribution in [-0.4, -0.2) is 48.2 Å². The Hall–Kier alpha value is -0.610. The second kappa shape index (κ2) is 4.28. The molecule has 0 radical (unpaired) electrons. The van der Waals surface area contributed by atoms with Crippen molar-refractivity contribution in [2.45, 2.75) is 25.8 Å². The van der Waals surface area contributed by atoms with Crippen LogP contribution >= 0.6 is 0 Å². The van der Waals surface area contributed by atoms with E-state index in [9.17, 15) is 4.79 Å². The summed E-state index contributed by atoms with van der Waals surface area (Å²) in [5, 5.41) is 12.3. The molecule has 0 unspecified atom stereocenters. The van der Waals surface area contributed by atoms with Gasteiger partial charge in [0.05, 0.1) is 12.1 Å². The molecular weight excluding hydrogens is 180 g/mol. The number of carbonyl (C=O) groups is 1. The molecule has 1 aliphatic heterocycles. The molecule has 0 aromatic heterocycles. The van der Waals surface area contributed by atoms with E-state index in [0.717, 1.165) is 13.1 Å². The number of carbonyl (C=O) groups excluding carboxylic acids is 1. The van der Waals surface area contributed by atoms with Crippen LogP contribution in [0.4, 0.5) is 0 Å². The number of likely N-dealkylation sites (N-methyl/N-ethyl adjacent to an activating group) is 1. The number of aliphatic hydroxyl groups is 1. The molecule has 4 nitrogen and oxygen atoms in total. The van der Waals surface area contributed by atoms with E-state index in [1.807, 2.05) is 13.8 Å². The van der Waals surface area contributed by atoms with Crippen molar-refractivity contribution in [1.82, 2.24) is 10.2 Å². The zero-order valence-electron chi connectivity index (χ0n) is 9.21. The molecule has 0 atom stereocenters. The average Bonchev–Trinajstić information content (AvgIpc) is 2.09. The van der Waals surface area contributed by atoms with Crippen molar-refractivity contribution in [2.24, 2.45) is 5.92 Å². The van der Waals surface area contributed by atoms with Crippen LogP contribution in [0.25, 0.3) is 0 Å². The van der Waals surface area contributed by atoms with Crippen LogP contribution in [0, 0.1) is 5.92 Å². The Morgan fingerprint density at radius 3 is 2.50 bits per heavy atom. The maximum Gasteiger partial charge on any atom is 0.223 e. The number of hydrogen-bond acceptors (Lipinski definition) is 3. The normalized spacial score (nSPS) is 17.7. The number of hydrogen-bond donors (Lipinski definition) is 2. The van der Waals surface area contributed by atoms with E-state index in [-0.39, 0.29) is 12.5 Å². The largest absolute Gasteiger partial charge is 0.394 e. The quantitative estimate of drug-likeness (QED) is 0.662. The van der Waals surface area contributed by atoms with Crippen LogP contribution < -0.4 is 5.32 Å². The molecule has 2 N–H and O–H groups in total. The number of aliphatic hydroxyl groups excluding tert-OH is 1. The van der Waals surface area contributed by atoms with Crippen LogP contribution in [0.15, 0.2) is 0 Å². The maximum absolute atomic E-state index is 11.7. The second-order valence-electron chi connectivity index (χ2n) is 4.65. The van der Waals surface area contributed by atoms with Gasteiger partial charge in [-0.05, 0) is 32.9 Å². The van der Waals surface area contributed by atoms with Gasteiger partial charge in [0, 0.05) is 13.5 Å². The Bertz CT molecular complexity index is 212. The van der Waals surface area contributed by atoms with Gasteiger partial charge in [-0.25, -0.2) is 0 Å². The molecule has 0 spiro atoms. The Kier molecular flexibility index (Phi) is 3.50. The highest BCUT2D eigenvalue weighted by Crippen LogP contribution is 2.16. The molecule has 1 amide bonds. The second-order valence-corrected chi connectivity index (χ2v) is 4.65. The fourth-order valence-corrected chi connectivity index (χ4v) is 1.32. The molecule has 1 saturated heterocycles. The molecular formula is C10H20N2O2. The summed E-state index contributed by atoms with van der Waals surface area (Å²) < 4.78 is 0. The Morgan fingerprint density at radius 2 is 2.14 bits per heavy atom. The summed E-state index contributed by atoms with van der Waals surface area (Å²) in [6.07, 6.45) is 0.590. The van der Waals surface area contributed by atoms with Crippen LogP contribution in [-0.2, 0) is 4.79 Å². The zero-order valence-corrected chi connectivity index (χ0v) is 9.21. The molecule has 1 fully saturated rings. The van der Waals surface area contributed by atoms with Crippen molar-refractivity contribution in [1.29, 1.82) is 0 Å². The van der Waals surface area contributed by atoms with Gasteiger partial charge >= 0.3 is 0 Å². The first-order valence-electron chi connectivity index (χ1n) is 5.05. The van der Waals surface area contributed by atoms with Gasteiger partial charge in [-0.15, -0.1) is 0 Å². The van der Waals surface area contributed by atoms with Gasteiger partial charge in [0.25, 0.3) is 0 Å². The molecule has 1 rings (SSSR count). The van der Waals surface area contributed by atoms with Gasteiger partial charge in [0.2, 0.25) is 5.91 Å². The van der Waals surface area contributed by atoms with Gasteiger partial charge in [-0.1, -0.05) is 0 Å². The molecule has 0 bridgehead atoms. The summed E-state index contributed by atoms with van der Waals surface area (Å²) >= 11 is 0. The van der Waals surface area contributed by atoms with E-state index in [4.69, 9.17) is 5.11 Å². The number of amides is 1. The first-order chi connectivity index (χ1) is 6.47. The standard InChI is InChI=1S/C10H20N2O2/c1-10(2,7-13)12(3)9(14)4-8-5-11-6-8/h8,11,13H,4-7H2,1-3H3. The fraction of sp³-hybridized carbons (Fsp3) is 0.900. The minimum absolute atomic E-state index is 0.00183. The molecule has 0 aliphatic carbocycles.